The first-order chi connectivity index (χ1) is 12.4. The number of hydrogen-bond donors (Lipinski definition) is 1. The summed E-state index contributed by atoms with van der Waals surface area (Å²) in [4.78, 5) is 11.8. The van der Waals surface area contributed by atoms with E-state index in [1.165, 1.54) is 22.6 Å². The Kier molecular flexibility index (Phi) is 6.77. The summed E-state index contributed by atoms with van der Waals surface area (Å²) in [6.07, 6.45) is 3.16. The Balaban J connectivity index is 2.10. The second-order valence-electron chi connectivity index (χ2n) is 6.17. The molecular weight excluding hydrogens is 354 g/mol. The molecule has 0 amide bonds. The van der Waals surface area contributed by atoms with Crippen molar-refractivity contribution < 1.29 is 17.9 Å². The number of nitrogens with one attached hydrogen (secondary N) is 1. The fraction of sp³-hybridized carbons (Fsp3) is 0.444. The van der Waals surface area contributed by atoms with Gasteiger partial charge in [-0.2, -0.15) is 9.57 Å². The number of carbonyl (C=O) groups excluding carboxylic acids is 1. The van der Waals surface area contributed by atoms with E-state index in [0.29, 0.717) is 24.7 Å². The molecule has 1 aliphatic heterocycles. The molecule has 140 valence electrons. The number of benzene rings is 1. The molecule has 0 bridgehead atoms. The fourth-order valence-electron chi connectivity index (χ4n) is 2.74. The van der Waals surface area contributed by atoms with Gasteiger partial charge in [-0.1, -0.05) is 6.92 Å². The number of hydrogen-bond acceptors (Lipinski definition) is 6. The van der Waals surface area contributed by atoms with Crippen LogP contribution in [-0.2, 0) is 19.6 Å². The normalized spacial score (nSPS) is 18.8. The number of esters is 1. The van der Waals surface area contributed by atoms with Crippen LogP contribution in [0.4, 0.5) is 5.69 Å². The minimum atomic E-state index is -3.50. The molecule has 0 unspecified atom stereocenters. The van der Waals surface area contributed by atoms with Gasteiger partial charge < -0.3 is 10.1 Å². The van der Waals surface area contributed by atoms with Gasteiger partial charge in [-0.3, -0.25) is 0 Å². The van der Waals surface area contributed by atoms with Crippen LogP contribution in [0.2, 0.25) is 0 Å². The van der Waals surface area contributed by atoms with Crippen LogP contribution in [0.3, 0.4) is 0 Å². The molecule has 8 heteroatoms. The van der Waals surface area contributed by atoms with E-state index in [2.05, 4.69) is 12.2 Å². The first-order valence-electron chi connectivity index (χ1n) is 8.52. The molecule has 0 radical (unpaired) electrons. The highest BCUT2D eigenvalue weighted by atomic mass is 32.2. The van der Waals surface area contributed by atoms with E-state index in [1.54, 1.807) is 25.1 Å². The van der Waals surface area contributed by atoms with Crippen LogP contribution < -0.4 is 5.32 Å². The van der Waals surface area contributed by atoms with Gasteiger partial charge in [-0.05, 0) is 49.9 Å². The number of carbonyl (C=O) groups is 1. The first kappa shape index (κ1) is 19.9. The zero-order valence-corrected chi connectivity index (χ0v) is 15.8. The van der Waals surface area contributed by atoms with Gasteiger partial charge in [0.1, 0.15) is 6.07 Å². The highest BCUT2D eigenvalue weighted by Gasteiger charge is 2.28. The number of nitriles is 1. The Bertz CT molecular complexity index is 810. The Morgan fingerprint density at radius 3 is 2.69 bits per heavy atom. The SMILES string of the molecule is CCOC(=O)/C(C#N)=C/Nc1ccc(S(=O)(=O)N2CCC[C@H](C)C2)cc1. The molecule has 1 heterocycles. The van der Waals surface area contributed by atoms with E-state index in [1.807, 2.05) is 0 Å². The number of sulfonamides is 1. The van der Waals surface area contributed by atoms with Crippen molar-refractivity contribution in [1.29, 1.82) is 5.26 Å². The molecule has 1 aromatic carbocycles. The van der Waals surface area contributed by atoms with E-state index in [4.69, 9.17) is 10.00 Å². The van der Waals surface area contributed by atoms with Gasteiger partial charge in [0.25, 0.3) is 0 Å². The molecule has 1 fully saturated rings. The molecule has 0 saturated carbocycles. The lowest BCUT2D eigenvalue weighted by Crippen LogP contribution is -2.39. The molecule has 7 nitrogen and oxygen atoms in total. The van der Waals surface area contributed by atoms with Crippen LogP contribution in [0.25, 0.3) is 0 Å². The Hall–Kier alpha value is -2.37. The van der Waals surface area contributed by atoms with Gasteiger partial charge in [-0.25, -0.2) is 13.2 Å². The Morgan fingerprint density at radius 2 is 2.12 bits per heavy atom. The van der Waals surface area contributed by atoms with Gasteiger partial charge in [0, 0.05) is 25.0 Å². The molecule has 1 atom stereocenters. The van der Waals surface area contributed by atoms with Crippen molar-refractivity contribution in [2.24, 2.45) is 5.92 Å². The van der Waals surface area contributed by atoms with Crippen molar-refractivity contribution in [3.05, 3.63) is 36.0 Å². The minimum absolute atomic E-state index is 0.161. The lowest BCUT2D eigenvalue weighted by atomic mass is 10.0. The van der Waals surface area contributed by atoms with E-state index < -0.39 is 16.0 Å². The van der Waals surface area contributed by atoms with E-state index in [0.717, 1.165) is 12.8 Å². The molecule has 1 N–H and O–H groups in total. The number of ether oxygens (including phenoxy) is 1. The number of anilines is 1. The largest absolute Gasteiger partial charge is 0.462 e. The summed E-state index contributed by atoms with van der Waals surface area (Å²) >= 11 is 0. The van der Waals surface area contributed by atoms with Crippen LogP contribution in [0.5, 0.6) is 0 Å². The third-order valence-corrected chi connectivity index (χ3v) is 5.99. The smallest absolute Gasteiger partial charge is 0.350 e. The van der Waals surface area contributed by atoms with E-state index in [9.17, 15) is 13.2 Å². The van der Waals surface area contributed by atoms with Crippen LogP contribution in [-0.4, -0.2) is 38.4 Å². The first-order valence-corrected chi connectivity index (χ1v) is 9.96. The van der Waals surface area contributed by atoms with Crippen LogP contribution in [0.1, 0.15) is 26.7 Å². The number of rotatable bonds is 6. The third-order valence-electron chi connectivity index (χ3n) is 4.11. The van der Waals surface area contributed by atoms with Crippen molar-refractivity contribution in [2.75, 3.05) is 25.0 Å². The number of nitrogens with zero attached hydrogens (tertiary/aromatic N) is 2. The van der Waals surface area contributed by atoms with Gasteiger partial charge in [0.15, 0.2) is 5.57 Å². The van der Waals surface area contributed by atoms with Crippen LogP contribution in [0.15, 0.2) is 40.9 Å². The quantitative estimate of drug-likeness (QED) is 0.464. The van der Waals surface area contributed by atoms with Gasteiger partial charge in [-0.15, -0.1) is 0 Å². The topological polar surface area (TPSA) is 99.5 Å². The summed E-state index contributed by atoms with van der Waals surface area (Å²) in [5, 5.41) is 11.8. The summed E-state index contributed by atoms with van der Waals surface area (Å²) < 4.78 is 31.7. The molecule has 1 aromatic rings. The van der Waals surface area contributed by atoms with Gasteiger partial charge in [0.05, 0.1) is 11.5 Å². The Morgan fingerprint density at radius 1 is 1.42 bits per heavy atom. The third kappa shape index (κ3) is 4.84. The lowest BCUT2D eigenvalue weighted by molar-refractivity contribution is -0.138. The predicted octanol–water partition coefficient (Wildman–Crippen LogP) is 2.49. The second-order valence-corrected chi connectivity index (χ2v) is 8.11. The average Bonchev–Trinajstić information content (AvgIpc) is 2.63. The highest BCUT2D eigenvalue weighted by molar-refractivity contribution is 7.89. The number of piperidine rings is 1. The van der Waals surface area contributed by atoms with Crippen LogP contribution in [0, 0.1) is 17.2 Å². The van der Waals surface area contributed by atoms with E-state index in [-0.39, 0.29) is 17.1 Å². The summed E-state index contributed by atoms with van der Waals surface area (Å²) in [6, 6.07) is 7.98. The summed E-state index contributed by atoms with van der Waals surface area (Å²) in [5.41, 5.74) is 0.402. The van der Waals surface area contributed by atoms with Gasteiger partial charge in [0.2, 0.25) is 10.0 Å². The van der Waals surface area contributed by atoms with Crippen molar-refractivity contribution in [2.45, 2.75) is 31.6 Å². The maximum absolute atomic E-state index is 12.7. The summed E-state index contributed by atoms with van der Waals surface area (Å²) in [7, 11) is -3.50. The molecule has 1 aliphatic rings. The van der Waals surface area contributed by atoms with E-state index >= 15 is 0 Å². The highest BCUT2D eigenvalue weighted by Crippen LogP contribution is 2.24. The molecule has 2 rings (SSSR count). The molecule has 26 heavy (non-hydrogen) atoms. The van der Waals surface area contributed by atoms with Crippen molar-refractivity contribution >= 4 is 21.7 Å². The molecule has 0 aliphatic carbocycles. The summed E-state index contributed by atoms with van der Waals surface area (Å²) in [6.45, 7) is 4.97. The average molecular weight is 377 g/mol. The maximum Gasteiger partial charge on any atom is 0.350 e. The molecular formula is C18H23N3O4S. The zero-order chi connectivity index (χ0) is 19.2. The second kappa shape index (κ2) is 8.83. The predicted molar refractivity (Wildman–Crippen MR) is 97.6 cm³/mol. The fourth-order valence-corrected chi connectivity index (χ4v) is 4.34. The van der Waals surface area contributed by atoms with Crippen molar-refractivity contribution in [3.63, 3.8) is 0 Å². The molecule has 0 aromatic heterocycles. The monoisotopic (exact) mass is 377 g/mol. The standard InChI is InChI=1S/C18H23N3O4S/c1-3-25-18(22)15(11-19)12-20-16-6-8-17(9-7-16)26(23,24)21-10-4-5-14(2)13-21/h6-9,12,14,20H,3-5,10,13H2,1-2H3/b15-12+/t14-/m0/s1. The van der Waals surface area contributed by atoms with Crippen LogP contribution >= 0.6 is 0 Å². The zero-order valence-electron chi connectivity index (χ0n) is 14.9. The Labute approximate surface area is 154 Å². The van der Waals surface area contributed by atoms with Crippen molar-refractivity contribution in [1.82, 2.24) is 4.31 Å². The minimum Gasteiger partial charge on any atom is -0.462 e. The van der Waals surface area contributed by atoms with Gasteiger partial charge >= 0.3 is 5.97 Å². The van der Waals surface area contributed by atoms with Crippen molar-refractivity contribution in [3.8, 4) is 6.07 Å². The molecule has 1 saturated heterocycles. The molecule has 0 spiro atoms. The maximum atomic E-state index is 12.7. The lowest BCUT2D eigenvalue weighted by Gasteiger charge is -2.30. The summed E-state index contributed by atoms with van der Waals surface area (Å²) in [5.74, 6) is -0.349.